The lowest BCUT2D eigenvalue weighted by molar-refractivity contribution is -0.385. The minimum absolute atomic E-state index is 0.0770. The quantitative estimate of drug-likeness (QED) is 0.600. The molecule has 2 fully saturated rings. The Labute approximate surface area is 98.6 Å². The predicted molar refractivity (Wildman–Crippen MR) is 62.9 cm³/mol. The Hall–Kier alpha value is -1.69. The van der Waals surface area contributed by atoms with Crippen molar-refractivity contribution in [3.63, 3.8) is 0 Å². The Balaban J connectivity index is 1.72. The smallest absolute Gasteiger partial charge is 0.290 e. The van der Waals surface area contributed by atoms with Gasteiger partial charge in [-0.3, -0.25) is 10.1 Å². The molecule has 0 amide bonds. The molecule has 1 saturated heterocycles. The molecule has 90 valence electrons. The van der Waals surface area contributed by atoms with Gasteiger partial charge in [-0.25, -0.2) is 4.98 Å². The SMILES string of the molecule is Cc1cc(NC2C3CNCC32)ncc1[N+](=O)[O-]. The van der Waals surface area contributed by atoms with Gasteiger partial charge in [0.25, 0.3) is 5.69 Å². The number of hydrogen-bond acceptors (Lipinski definition) is 5. The highest BCUT2D eigenvalue weighted by atomic mass is 16.6. The van der Waals surface area contributed by atoms with Crippen molar-refractivity contribution in [2.75, 3.05) is 18.4 Å². The molecule has 2 atom stereocenters. The highest BCUT2D eigenvalue weighted by Crippen LogP contribution is 2.43. The first-order chi connectivity index (χ1) is 8.16. The molecule has 2 N–H and O–H groups in total. The molecule has 1 saturated carbocycles. The summed E-state index contributed by atoms with van der Waals surface area (Å²) in [5.41, 5.74) is 0.727. The van der Waals surface area contributed by atoms with Gasteiger partial charge in [-0.05, 0) is 24.8 Å². The first-order valence-corrected chi connectivity index (χ1v) is 5.75. The molecule has 0 bridgehead atoms. The molecule has 6 heteroatoms. The Morgan fingerprint density at radius 1 is 1.53 bits per heavy atom. The van der Waals surface area contributed by atoms with Crippen molar-refractivity contribution < 1.29 is 4.92 Å². The van der Waals surface area contributed by atoms with Crippen molar-refractivity contribution in [1.82, 2.24) is 10.3 Å². The highest BCUT2D eigenvalue weighted by molar-refractivity contribution is 5.48. The summed E-state index contributed by atoms with van der Waals surface area (Å²) < 4.78 is 0. The normalized spacial score (nSPS) is 29.8. The summed E-state index contributed by atoms with van der Waals surface area (Å²) >= 11 is 0. The molecule has 6 nitrogen and oxygen atoms in total. The van der Waals surface area contributed by atoms with Gasteiger partial charge in [0, 0.05) is 24.7 Å². The van der Waals surface area contributed by atoms with Crippen molar-refractivity contribution in [3.8, 4) is 0 Å². The number of pyridine rings is 1. The second kappa shape index (κ2) is 3.66. The van der Waals surface area contributed by atoms with Crippen LogP contribution in [0.4, 0.5) is 11.5 Å². The molecule has 0 radical (unpaired) electrons. The molecule has 0 aromatic carbocycles. The van der Waals surface area contributed by atoms with Crippen LogP contribution < -0.4 is 10.6 Å². The lowest BCUT2D eigenvalue weighted by Gasteiger charge is -2.08. The van der Waals surface area contributed by atoms with Crippen molar-refractivity contribution in [3.05, 3.63) is 27.9 Å². The van der Waals surface area contributed by atoms with E-state index in [2.05, 4.69) is 15.6 Å². The van der Waals surface area contributed by atoms with E-state index in [0.29, 0.717) is 23.4 Å². The number of aromatic nitrogens is 1. The van der Waals surface area contributed by atoms with E-state index in [1.165, 1.54) is 6.20 Å². The van der Waals surface area contributed by atoms with E-state index in [9.17, 15) is 10.1 Å². The topological polar surface area (TPSA) is 80.1 Å². The van der Waals surface area contributed by atoms with Crippen LogP contribution in [0.3, 0.4) is 0 Å². The Bertz CT molecular complexity index is 467. The summed E-state index contributed by atoms with van der Waals surface area (Å²) in [6.45, 7) is 3.86. The molecule has 1 aliphatic heterocycles. The van der Waals surface area contributed by atoms with Crippen LogP contribution in [-0.4, -0.2) is 29.0 Å². The summed E-state index contributed by atoms with van der Waals surface area (Å²) in [4.78, 5) is 14.4. The molecular formula is C11H14N4O2. The monoisotopic (exact) mass is 234 g/mol. The Kier molecular flexibility index (Phi) is 2.25. The van der Waals surface area contributed by atoms with Gasteiger partial charge in [0.1, 0.15) is 12.0 Å². The maximum Gasteiger partial charge on any atom is 0.290 e. The molecule has 1 aromatic heterocycles. The van der Waals surface area contributed by atoms with Crippen LogP contribution >= 0.6 is 0 Å². The van der Waals surface area contributed by atoms with E-state index in [1.807, 2.05) is 0 Å². The van der Waals surface area contributed by atoms with Crippen LogP contribution in [0.2, 0.25) is 0 Å². The van der Waals surface area contributed by atoms with E-state index in [4.69, 9.17) is 0 Å². The van der Waals surface area contributed by atoms with Crippen LogP contribution in [0.5, 0.6) is 0 Å². The number of fused-ring (bicyclic) bond motifs is 1. The van der Waals surface area contributed by atoms with Gasteiger partial charge in [-0.15, -0.1) is 0 Å². The molecular weight excluding hydrogens is 220 g/mol. The molecule has 3 rings (SSSR count). The van der Waals surface area contributed by atoms with Crippen LogP contribution in [0, 0.1) is 28.9 Å². The maximum absolute atomic E-state index is 10.7. The van der Waals surface area contributed by atoms with Gasteiger partial charge in [0.2, 0.25) is 0 Å². The number of anilines is 1. The van der Waals surface area contributed by atoms with E-state index >= 15 is 0 Å². The van der Waals surface area contributed by atoms with Gasteiger partial charge in [-0.1, -0.05) is 0 Å². The van der Waals surface area contributed by atoms with Gasteiger partial charge in [0.05, 0.1) is 4.92 Å². The first kappa shape index (κ1) is 10.5. The summed E-state index contributed by atoms with van der Waals surface area (Å²) in [6, 6.07) is 2.24. The van der Waals surface area contributed by atoms with E-state index < -0.39 is 4.92 Å². The summed E-state index contributed by atoms with van der Waals surface area (Å²) in [6.07, 6.45) is 1.33. The van der Waals surface area contributed by atoms with Crippen molar-refractivity contribution in [2.24, 2.45) is 11.8 Å². The van der Waals surface area contributed by atoms with Crippen molar-refractivity contribution in [1.29, 1.82) is 0 Å². The minimum Gasteiger partial charge on any atom is -0.367 e. The number of piperidine rings is 1. The fourth-order valence-electron chi connectivity index (χ4n) is 2.62. The predicted octanol–water partition coefficient (Wildman–Crippen LogP) is 0.928. The average Bonchev–Trinajstić information content (AvgIpc) is 2.74. The zero-order valence-corrected chi connectivity index (χ0v) is 9.51. The Morgan fingerprint density at radius 3 is 2.82 bits per heavy atom. The zero-order valence-electron chi connectivity index (χ0n) is 9.51. The second-order valence-electron chi connectivity index (χ2n) is 4.77. The summed E-state index contributed by atoms with van der Waals surface area (Å²) in [7, 11) is 0. The van der Waals surface area contributed by atoms with Crippen molar-refractivity contribution in [2.45, 2.75) is 13.0 Å². The van der Waals surface area contributed by atoms with E-state index in [0.717, 1.165) is 18.9 Å². The Morgan fingerprint density at radius 2 is 2.24 bits per heavy atom. The molecule has 0 spiro atoms. The average molecular weight is 234 g/mol. The fourth-order valence-corrected chi connectivity index (χ4v) is 2.62. The maximum atomic E-state index is 10.7. The standard InChI is InChI=1S/C11H14N4O2/c1-6-2-10(13-5-9(6)15(16)17)14-11-7-3-12-4-8(7)11/h2,5,7-8,11-12H,3-4H2,1H3,(H,13,14). The third kappa shape index (κ3) is 1.74. The molecule has 1 aliphatic carbocycles. The minimum atomic E-state index is -0.401. The van der Waals surface area contributed by atoms with Crippen molar-refractivity contribution >= 4 is 11.5 Å². The number of nitrogens with one attached hydrogen (secondary N) is 2. The third-order valence-electron chi connectivity index (χ3n) is 3.69. The fraction of sp³-hybridized carbons (Fsp3) is 0.545. The third-order valence-corrected chi connectivity index (χ3v) is 3.69. The zero-order chi connectivity index (χ0) is 12.0. The lowest BCUT2D eigenvalue weighted by Crippen LogP contribution is -2.21. The van der Waals surface area contributed by atoms with Crippen LogP contribution in [0.15, 0.2) is 12.3 Å². The van der Waals surface area contributed by atoms with Crippen LogP contribution in [0.1, 0.15) is 5.56 Å². The highest BCUT2D eigenvalue weighted by Gasteiger charge is 2.53. The van der Waals surface area contributed by atoms with Gasteiger partial charge < -0.3 is 10.6 Å². The lowest BCUT2D eigenvalue weighted by atomic mass is 10.2. The molecule has 2 aliphatic rings. The number of nitrogens with zero attached hydrogens (tertiary/aromatic N) is 2. The van der Waals surface area contributed by atoms with E-state index in [1.54, 1.807) is 13.0 Å². The number of rotatable bonds is 3. The largest absolute Gasteiger partial charge is 0.367 e. The summed E-state index contributed by atoms with van der Waals surface area (Å²) in [5, 5.41) is 17.3. The van der Waals surface area contributed by atoms with Gasteiger partial charge in [0.15, 0.2) is 0 Å². The molecule has 17 heavy (non-hydrogen) atoms. The number of nitro groups is 1. The van der Waals surface area contributed by atoms with Crippen LogP contribution in [0.25, 0.3) is 0 Å². The summed E-state index contributed by atoms with van der Waals surface area (Å²) in [5.74, 6) is 2.15. The molecule has 2 heterocycles. The first-order valence-electron chi connectivity index (χ1n) is 5.75. The van der Waals surface area contributed by atoms with E-state index in [-0.39, 0.29) is 5.69 Å². The van der Waals surface area contributed by atoms with Gasteiger partial charge in [-0.2, -0.15) is 0 Å². The molecule has 2 unspecified atom stereocenters. The van der Waals surface area contributed by atoms with Crippen LogP contribution in [-0.2, 0) is 0 Å². The number of hydrogen-bond donors (Lipinski definition) is 2. The van der Waals surface area contributed by atoms with Gasteiger partial charge >= 0.3 is 0 Å². The molecule has 1 aromatic rings. The second-order valence-corrected chi connectivity index (χ2v) is 4.77. The number of aryl methyl sites for hydroxylation is 1.